The minimum Gasteiger partial charge on any atom is -0.449 e. The number of unbranched alkanes of at least 4 members (excludes halogenated alkanes) is 2. The van der Waals surface area contributed by atoms with Gasteiger partial charge < -0.3 is 45.0 Å². The Morgan fingerprint density at radius 1 is 0.463 bits per heavy atom. The summed E-state index contributed by atoms with van der Waals surface area (Å²) in [5, 5.41) is 10.5. The molecule has 0 heterocycles. The third-order valence-corrected chi connectivity index (χ3v) is 11.2. The van der Waals surface area contributed by atoms with Gasteiger partial charge in [-0.15, -0.1) is 0 Å². The van der Waals surface area contributed by atoms with E-state index >= 15 is 0 Å². The molecule has 0 unspecified atom stereocenters. The zero-order valence-electron chi connectivity index (χ0n) is 39.1. The average molecular weight is 919 g/mol. The van der Waals surface area contributed by atoms with Gasteiger partial charge in [-0.3, -0.25) is 0 Å². The molecule has 2 aliphatic carbocycles. The molecule has 4 N–H and O–H groups in total. The van der Waals surface area contributed by atoms with Crippen molar-refractivity contribution in [3.05, 3.63) is 119 Å². The van der Waals surface area contributed by atoms with Gasteiger partial charge in [0.25, 0.3) is 0 Å². The Kier molecular flexibility index (Phi) is 16.7. The van der Waals surface area contributed by atoms with Gasteiger partial charge in [0.1, 0.15) is 36.5 Å². The largest absolute Gasteiger partial charge is 0.449 e. The van der Waals surface area contributed by atoms with Gasteiger partial charge in [-0.05, 0) is 125 Å². The summed E-state index contributed by atoms with van der Waals surface area (Å²) in [4.78, 5) is 79.1. The molecule has 4 aromatic carbocycles. The van der Waals surface area contributed by atoms with Gasteiger partial charge in [0.2, 0.25) is 0 Å². The van der Waals surface area contributed by atoms with Crippen LogP contribution >= 0.6 is 0 Å². The van der Waals surface area contributed by atoms with E-state index in [1.807, 2.05) is 97.1 Å². The van der Waals surface area contributed by atoms with Crippen LogP contribution in [0.4, 0.5) is 19.2 Å². The van der Waals surface area contributed by atoms with Gasteiger partial charge in [0, 0.05) is 24.9 Å². The second-order valence-electron chi connectivity index (χ2n) is 18.6. The number of hydrogen-bond acceptors (Lipinski definition) is 11. The highest BCUT2D eigenvalue weighted by molar-refractivity contribution is 5.93. The fourth-order valence-corrected chi connectivity index (χ4v) is 8.26. The highest BCUT2D eigenvalue weighted by atomic mass is 16.6. The van der Waals surface area contributed by atoms with Crippen molar-refractivity contribution in [2.75, 3.05) is 26.3 Å². The quantitative estimate of drug-likeness (QED) is 0.0321. The van der Waals surface area contributed by atoms with E-state index in [0.717, 1.165) is 44.5 Å². The molecule has 2 atom stereocenters. The molecule has 0 saturated carbocycles. The van der Waals surface area contributed by atoms with Gasteiger partial charge in [-0.25, -0.2) is 28.8 Å². The number of rotatable bonds is 18. The molecule has 4 amide bonds. The maximum Gasteiger partial charge on any atom is 0.407 e. The molecule has 0 spiro atoms. The number of carbonyl (C=O) groups is 6. The number of esters is 2. The maximum atomic E-state index is 13.9. The molecule has 0 saturated heterocycles. The predicted molar refractivity (Wildman–Crippen MR) is 251 cm³/mol. The number of ether oxygens (including phenoxy) is 5. The molecule has 67 heavy (non-hydrogen) atoms. The summed E-state index contributed by atoms with van der Waals surface area (Å²) in [7, 11) is 0. The highest BCUT2D eigenvalue weighted by Gasteiger charge is 2.34. The third kappa shape index (κ3) is 14.1. The molecule has 0 fully saturated rings. The molecule has 15 heteroatoms. The molecule has 6 rings (SSSR count). The van der Waals surface area contributed by atoms with Crippen molar-refractivity contribution in [3.8, 4) is 22.3 Å². The van der Waals surface area contributed by atoms with Crippen LogP contribution in [0, 0.1) is 0 Å². The van der Waals surface area contributed by atoms with Crippen molar-refractivity contribution in [1.29, 1.82) is 0 Å². The summed E-state index contributed by atoms with van der Waals surface area (Å²) < 4.78 is 27.5. The monoisotopic (exact) mass is 918 g/mol. The number of alkyl carbamates (subject to hydrolysis) is 4. The van der Waals surface area contributed by atoms with Crippen LogP contribution in [0.25, 0.3) is 22.3 Å². The van der Waals surface area contributed by atoms with Crippen LogP contribution in [0.2, 0.25) is 0 Å². The highest BCUT2D eigenvalue weighted by Crippen LogP contribution is 2.45. The van der Waals surface area contributed by atoms with E-state index in [1.54, 1.807) is 41.5 Å². The summed E-state index contributed by atoms with van der Waals surface area (Å²) in [5.41, 5.74) is 6.84. The standard InChI is InChI=1S/C52H62N4O11/c1-51(2,3)66-47(59)53-29-17-15-27-43(55-49(61)63-31-41-37-23-11-7-19-33(37)34-20-8-12-24-38(34)41)45(57)65-46(58)44(28-16-18-30-54-48(60)67-52(4,5)6)56-50(62)64-32-42-39-25-13-9-21-35(39)36-22-10-14-26-40(36)42/h7-14,19-26,41-44H,15-18,27-32H2,1-6H3,(H,53,59)(H,54,60)(H,55,61)(H,56,62)/t43-,44-/m0/s1. The lowest BCUT2D eigenvalue weighted by molar-refractivity contribution is -0.162. The van der Waals surface area contributed by atoms with E-state index in [1.165, 1.54) is 0 Å². The summed E-state index contributed by atoms with van der Waals surface area (Å²) in [6, 6.07) is 28.9. The van der Waals surface area contributed by atoms with Crippen LogP contribution in [-0.4, -0.2) is 85.9 Å². The van der Waals surface area contributed by atoms with Crippen molar-refractivity contribution in [1.82, 2.24) is 21.3 Å². The third-order valence-electron chi connectivity index (χ3n) is 11.2. The first-order chi connectivity index (χ1) is 32.0. The topological polar surface area (TPSA) is 197 Å². The molecule has 356 valence electrons. The summed E-state index contributed by atoms with van der Waals surface area (Å²) in [6.45, 7) is 10.9. The van der Waals surface area contributed by atoms with Crippen LogP contribution in [0.15, 0.2) is 97.1 Å². The number of amides is 4. The SMILES string of the molecule is CC(C)(C)OC(=O)NCCCC[C@H](NC(=O)OCC1c2ccccc2-c2ccccc21)C(=O)OC(=O)[C@H](CCCCNC(=O)OC(C)(C)C)NC(=O)OCC1c2ccccc2-c2ccccc21. The van der Waals surface area contributed by atoms with E-state index in [2.05, 4.69) is 21.3 Å². The number of benzene rings is 4. The predicted octanol–water partition coefficient (Wildman–Crippen LogP) is 9.26. The first kappa shape index (κ1) is 49.5. The van der Waals surface area contributed by atoms with E-state index in [9.17, 15) is 28.8 Å². The molecule has 0 aromatic heterocycles. The van der Waals surface area contributed by atoms with Crippen LogP contribution < -0.4 is 21.3 Å². The molecule has 4 aromatic rings. The minimum atomic E-state index is -1.34. The molecular formula is C52H62N4O11. The van der Waals surface area contributed by atoms with Gasteiger partial charge in [-0.2, -0.15) is 0 Å². The molecule has 2 aliphatic rings. The minimum absolute atomic E-state index is 0.0186. The fourth-order valence-electron chi connectivity index (χ4n) is 8.26. The van der Waals surface area contributed by atoms with Crippen LogP contribution in [0.5, 0.6) is 0 Å². The lowest BCUT2D eigenvalue weighted by Crippen LogP contribution is -2.47. The van der Waals surface area contributed by atoms with Crippen LogP contribution in [0.3, 0.4) is 0 Å². The van der Waals surface area contributed by atoms with Crippen LogP contribution in [0.1, 0.15) is 114 Å². The molecule has 0 radical (unpaired) electrons. The Morgan fingerprint density at radius 3 is 1.09 bits per heavy atom. The smallest absolute Gasteiger partial charge is 0.407 e. The van der Waals surface area contributed by atoms with Crippen molar-refractivity contribution in [2.24, 2.45) is 0 Å². The van der Waals surface area contributed by atoms with Crippen LogP contribution in [-0.2, 0) is 33.3 Å². The maximum absolute atomic E-state index is 13.9. The molecule has 0 bridgehead atoms. The van der Waals surface area contributed by atoms with Gasteiger partial charge >= 0.3 is 36.3 Å². The Bertz CT molecular complexity index is 2150. The lowest BCUT2D eigenvalue weighted by atomic mass is 9.98. The molecule has 15 nitrogen and oxygen atoms in total. The number of hydrogen-bond donors (Lipinski definition) is 4. The number of carbonyl (C=O) groups excluding carboxylic acids is 6. The Hall–Kier alpha value is -6.90. The normalized spacial score (nSPS) is 13.6. The Labute approximate surface area is 392 Å². The summed E-state index contributed by atoms with van der Waals surface area (Å²) in [5.74, 6) is -2.62. The van der Waals surface area contributed by atoms with Gasteiger partial charge in [-0.1, -0.05) is 97.1 Å². The first-order valence-electron chi connectivity index (χ1n) is 22.9. The number of nitrogens with one attached hydrogen (secondary N) is 4. The molecule has 0 aliphatic heterocycles. The van der Waals surface area contributed by atoms with Crippen molar-refractivity contribution >= 4 is 36.3 Å². The van der Waals surface area contributed by atoms with E-state index in [4.69, 9.17) is 23.7 Å². The second kappa shape index (κ2) is 22.5. The van der Waals surface area contributed by atoms with Gasteiger partial charge in [0.15, 0.2) is 0 Å². The van der Waals surface area contributed by atoms with E-state index < -0.39 is 59.6 Å². The van der Waals surface area contributed by atoms with Crippen molar-refractivity contribution in [2.45, 2.75) is 115 Å². The van der Waals surface area contributed by atoms with Gasteiger partial charge in [0.05, 0.1) is 0 Å². The number of fused-ring (bicyclic) bond motifs is 6. The van der Waals surface area contributed by atoms with E-state index in [-0.39, 0.29) is 51.0 Å². The summed E-state index contributed by atoms with van der Waals surface area (Å²) in [6.07, 6.45) is -1.51. The Balaban J connectivity index is 1.11. The summed E-state index contributed by atoms with van der Waals surface area (Å²) >= 11 is 0. The zero-order valence-corrected chi connectivity index (χ0v) is 39.1. The first-order valence-corrected chi connectivity index (χ1v) is 22.9. The Morgan fingerprint density at radius 2 is 0.776 bits per heavy atom. The van der Waals surface area contributed by atoms with E-state index in [0.29, 0.717) is 25.7 Å². The average Bonchev–Trinajstić information content (AvgIpc) is 3.77. The lowest BCUT2D eigenvalue weighted by Gasteiger charge is -2.22. The fraction of sp³-hybridized carbons (Fsp3) is 0.423. The zero-order chi connectivity index (χ0) is 48.1. The van der Waals surface area contributed by atoms with Crippen molar-refractivity contribution in [3.63, 3.8) is 0 Å². The molecular weight excluding hydrogens is 857 g/mol. The second-order valence-corrected chi connectivity index (χ2v) is 18.6. The van der Waals surface area contributed by atoms with Crippen molar-refractivity contribution < 1.29 is 52.5 Å².